The molecule has 2 heterocycles. The van der Waals surface area contributed by atoms with Gasteiger partial charge in [-0.2, -0.15) is 0 Å². The quantitative estimate of drug-likeness (QED) is 0.811. The molecular weight excluding hydrogens is 249 g/mol. The molecule has 0 aromatic carbocycles. The van der Waals surface area contributed by atoms with Crippen LogP contribution in [0, 0.1) is 0 Å². The van der Waals surface area contributed by atoms with Crippen molar-refractivity contribution in [1.29, 1.82) is 0 Å². The first-order valence-electron chi connectivity index (χ1n) is 4.06. The Labute approximate surface area is 105 Å². The molecule has 2 aromatic heterocycles. The number of hydrogen-bond acceptors (Lipinski definition) is 5. The van der Waals surface area contributed by atoms with Crippen LogP contribution in [-0.4, -0.2) is 15.0 Å². The van der Waals surface area contributed by atoms with Crippen molar-refractivity contribution >= 4 is 36.4 Å². The van der Waals surface area contributed by atoms with Crippen LogP contribution < -0.4 is 11.5 Å². The van der Waals surface area contributed by atoms with Crippen LogP contribution in [0.1, 0.15) is 0 Å². The third-order valence-electron chi connectivity index (χ3n) is 1.79. The van der Waals surface area contributed by atoms with E-state index < -0.39 is 0 Å². The Bertz CT molecular complexity index is 449. The maximum atomic E-state index is 5.69. The zero-order chi connectivity index (χ0) is 9.97. The zero-order valence-corrected chi connectivity index (χ0v) is 9.83. The molecule has 2 rings (SSSR count). The van der Waals surface area contributed by atoms with Crippen LogP contribution >= 0.6 is 24.8 Å². The Morgan fingerprint density at radius 2 is 1.75 bits per heavy atom. The number of pyridine rings is 1. The first-order chi connectivity index (χ1) is 6.77. The number of nitrogen functional groups attached to an aromatic ring is 2. The number of aromatic nitrogens is 3. The first kappa shape index (κ1) is 14.4. The number of nitrogens with two attached hydrogens (primary N) is 2. The van der Waals surface area contributed by atoms with Crippen LogP contribution in [0.25, 0.3) is 11.3 Å². The van der Waals surface area contributed by atoms with E-state index in [1.165, 1.54) is 0 Å². The molecule has 0 saturated heterocycles. The third-order valence-corrected chi connectivity index (χ3v) is 1.79. The lowest BCUT2D eigenvalue weighted by molar-refractivity contribution is 1.20. The van der Waals surface area contributed by atoms with Crippen LogP contribution in [0.2, 0.25) is 0 Å². The minimum atomic E-state index is 0. The number of nitrogens with zero attached hydrogens (tertiary/aromatic N) is 3. The molecule has 0 aliphatic carbocycles. The SMILES string of the molecule is Cl.Cl.Nc1ccc(-c2cnccn2)c(N)n1. The summed E-state index contributed by atoms with van der Waals surface area (Å²) in [6, 6.07) is 3.46. The Morgan fingerprint density at radius 1 is 1.00 bits per heavy atom. The number of anilines is 2. The highest BCUT2D eigenvalue weighted by Gasteiger charge is 2.04. The van der Waals surface area contributed by atoms with Crippen molar-refractivity contribution in [3.05, 3.63) is 30.7 Å². The molecule has 0 saturated carbocycles. The highest BCUT2D eigenvalue weighted by molar-refractivity contribution is 5.85. The summed E-state index contributed by atoms with van der Waals surface area (Å²) in [7, 11) is 0. The predicted molar refractivity (Wildman–Crippen MR) is 68.6 cm³/mol. The molecule has 0 unspecified atom stereocenters. The van der Waals surface area contributed by atoms with E-state index in [0.717, 1.165) is 5.56 Å². The molecule has 0 aliphatic heterocycles. The van der Waals surface area contributed by atoms with Crippen molar-refractivity contribution in [3.63, 3.8) is 0 Å². The van der Waals surface area contributed by atoms with Crippen LogP contribution in [0.15, 0.2) is 30.7 Å². The van der Waals surface area contributed by atoms with Gasteiger partial charge in [-0.15, -0.1) is 24.8 Å². The molecule has 7 heteroatoms. The van der Waals surface area contributed by atoms with E-state index in [2.05, 4.69) is 15.0 Å². The maximum Gasteiger partial charge on any atom is 0.135 e. The van der Waals surface area contributed by atoms with Gasteiger partial charge in [-0.1, -0.05) is 0 Å². The lowest BCUT2D eigenvalue weighted by Gasteiger charge is -2.03. The number of hydrogen-bond donors (Lipinski definition) is 2. The van der Waals surface area contributed by atoms with Crippen molar-refractivity contribution in [1.82, 2.24) is 15.0 Å². The Balaban J connectivity index is 0.00000112. The maximum absolute atomic E-state index is 5.69. The van der Waals surface area contributed by atoms with Gasteiger partial charge in [0.2, 0.25) is 0 Å². The summed E-state index contributed by atoms with van der Waals surface area (Å²) in [5.74, 6) is 0.764. The summed E-state index contributed by atoms with van der Waals surface area (Å²) in [5.41, 5.74) is 12.6. The Hall–Kier alpha value is -1.59. The molecule has 0 spiro atoms. The Morgan fingerprint density at radius 3 is 2.31 bits per heavy atom. The summed E-state index contributed by atoms with van der Waals surface area (Å²) >= 11 is 0. The molecule has 0 radical (unpaired) electrons. The van der Waals surface area contributed by atoms with Gasteiger partial charge >= 0.3 is 0 Å². The molecule has 2 aromatic rings. The van der Waals surface area contributed by atoms with Gasteiger partial charge in [-0.3, -0.25) is 9.97 Å². The fraction of sp³-hybridized carbons (Fsp3) is 0. The monoisotopic (exact) mass is 259 g/mol. The van der Waals surface area contributed by atoms with Crippen molar-refractivity contribution in [2.24, 2.45) is 0 Å². The van der Waals surface area contributed by atoms with Crippen LogP contribution in [0.3, 0.4) is 0 Å². The minimum absolute atomic E-state index is 0. The lowest BCUT2D eigenvalue weighted by Crippen LogP contribution is -1.99. The largest absolute Gasteiger partial charge is 0.384 e. The Kier molecular flexibility index (Phi) is 5.49. The van der Waals surface area contributed by atoms with Gasteiger partial charge in [0.1, 0.15) is 11.6 Å². The van der Waals surface area contributed by atoms with Gasteiger partial charge in [0, 0.05) is 18.0 Å². The number of halogens is 2. The molecule has 0 bridgehead atoms. The summed E-state index contributed by atoms with van der Waals surface area (Å²) < 4.78 is 0. The van der Waals surface area contributed by atoms with E-state index in [4.69, 9.17) is 11.5 Å². The fourth-order valence-corrected chi connectivity index (χ4v) is 1.15. The van der Waals surface area contributed by atoms with E-state index in [9.17, 15) is 0 Å². The minimum Gasteiger partial charge on any atom is -0.384 e. The van der Waals surface area contributed by atoms with E-state index in [1.54, 1.807) is 30.7 Å². The molecule has 0 aliphatic rings. The average Bonchev–Trinajstić information content (AvgIpc) is 2.19. The van der Waals surface area contributed by atoms with Crippen molar-refractivity contribution < 1.29 is 0 Å². The zero-order valence-electron chi connectivity index (χ0n) is 8.20. The second-order valence-corrected chi connectivity index (χ2v) is 2.76. The van der Waals surface area contributed by atoms with Crippen molar-refractivity contribution in [2.45, 2.75) is 0 Å². The third kappa shape index (κ3) is 2.95. The highest BCUT2D eigenvalue weighted by atomic mass is 35.5. The normalized spacial score (nSPS) is 8.75. The van der Waals surface area contributed by atoms with Gasteiger partial charge < -0.3 is 11.5 Å². The molecule has 4 N–H and O–H groups in total. The molecule has 0 amide bonds. The topological polar surface area (TPSA) is 90.7 Å². The molecular formula is C9H11Cl2N5. The van der Waals surface area contributed by atoms with Crippen molar-refractivity contribution in [3.8, 4) is 11.3 Å². The summed E-state index contributed by atoms with van der Waals surface area (Å²) in [5, 5.41) is 0. The van der Waals surface area contributed by atoms with Crippen LogP contribution in [-0.2, 0) is 0 Å². The molecule has 5 nitrogen and oxygen atoms in total. The summed E-state index contributed by atoms with van der Waals surface area (Å²) in [6.07, 6.45) is 4.83. The van der Waals surface area contributed by atoms with Crippen molar-refractivity contribution in [2.75, 3.05) is 11.5 Å². The van der Waals surface area contributed by atoms with E-state index in [1.807, 2.05) is 0 Å². The highest BCUT2D eigenvalue weighted by Crippen LogP contribution is 2.21. The second kappa shape index (κ2) is 6.09. The lowest BCUT2D eigenvalue weighted by atomic mass is 10.2. The van der Waals surface area contributed by atoms with Gasteiger partial charge in [0.15, 0.2) is 0 Å². The average molecular weight is 260 g/mol. The second-order valence-electron chi connectivity index (χ2n) is 2.76. The van der Waals surface area contributed by atoms with Crippen LogP contribution in [0.4, 0.5) is 11.6 Å². The fourth-order valence-electron chi connectivity index (χ4n) is 1.15. The predicted octanol–water partition coefficient (Wildman–Crippen LogP) is 1.55. The van der Waals surface area contributed by atoms with Gasteiger partial charge in [-0.25, -0.2) is 4.98 Å². The van der Waals surface area contributed by atoms with E-state index in [-0.39, 0.29) is 24.8 Å². The van der Waals surface area contributed by atoms with Gasteiger partial charge in [0.05, 0.1) is 11.9 Å². The first-order valence-corrected chi connectivity index (χ1v) is 4.06. The van der Waals surface area contributed by atoms with Crippen LogP contribution in [0.5, 0.6) is 0 Å². The smallest absolute Gasteiger partial charge is 0.135 e. The van der Waals surface area contributed by atoms with E-state index in [0.29, 0.717) is 17.3 Å². The van der Waals surface area contributed by atoms with Gasteiger partial charge in [-0.05, 0) is 12.1 Å². The summed E-state index contributed by atoms with van der Waals surface area (Å²) in [4.78, 5) is 12.0. The molecule has 0 fully saturated rings. The molecule has 86 valence electrons. The standard InChI is InChI=1S/C9H9N5.2ClH/c10-8-2-1-6(9(11)14-8)7-5-12-3-4-13-7;;/h1-5H,(H4,10,11,14);2*1H. The van der Waals surface area contributed by atoms with E-state index >= 15 is 0 Å². The number of rotatable bonds is 1. The molecule has 0 atom stereocenters. The summed E-state index contributed by atoms with van der Waals surface area (Å²) in [6.45, 7) is 0. The van der Waals surface area contributed by atoms with Gasteiger partial charge in [0.25, 0.3) is 0 Å². The molecule has 16 heavy (non-hydrogen) atoms.